The average Bonchev–Trinajstić information content (AvgIpc) is 2.38. The normalized spacial score (nSPS) is 11.7. The smallest absolute Gasteiger partial charge is 0.313 e. The highest BCUT2D eigenvalue weighted by atomic mass is 16.5. The molecule has 0 saturated carbocycles. The molecule has 5 heteroatoms. The van der Waals surface area contributed by atoms with Crippen molar-refractivity contribution < 1.29 is 24.2 Å². The van der Waals surface area contributed by atoms with Gasteiger partial charge in [0, 0.05) is 6.42 Å². The molecule has 0 heterocycles. The van der Waals surface area contributed by atoms with E-state index in [9.17, 15) is 14.7 Å². The van der Waals surface area contributed by atoms with Gasteiger partial charge in [-0.05, 0) is 17.7 Å². The van der Waals surface area contributed by atoms with Crippen molar-refractivity contribution in [1.82, 2.24) is 0 Å². The lowest BCUT2D eigenvalue weighted by Gasteiger charge is -2.10. The largest absolute Gasteiger partial charge is 0.497 e. The molecule has 0 saturated heterocycles. The SMILES string of the molecule is COC(=O)CC(=O)C[C@H](O)c1ccc(OC)cc1. The fraction of sp³-hybridized carbons (Fsp3) is 0.385. The summed E-state index contributed by atoms with van der Waals surface area (Å²) in [5.41, 5.74) is 0.606. The summed E-state index contributed by atoms with van der Waals surface area (Å²) in [4.78, 5) is 22.3. The third-order valence-electron chi connectivity index (χ3n) is 2.49. The number of esters is 1. The standard InChI is InChI=1S/C13H16O5/c1-17-11-5-3-9(4-6-11)12(15)7-10(14)8-13(16)18-2/h3-6,12,15H,7-8H2,1-2H3/t12-/m0/s1. The van der Waals surface area contributed by atoms with Crippen molar-refractivity contribution in [1.29, 1.82) is 0 Å². The lowest BCUT2D eigenvalue weighted by atomic mass is 10.0. The van der Waals surface area contributed by atoms with Crippen LogP contribution in [0.15, 0.2) is 24.3 Å². The van der Waals surface area contributed by atoms with E-state index < -0.39 is 12.1 Å². The van der Waals surface area contributed by atoms with Crippen LogP contribution >= 0.6 is 0 Å². The number of aliphatic hydroxyl groups excluding tert-OH is 1. The zero-order valence-electron chi connectivity index (χ0n) is 10.4. The number of ketones is 1. The van der Waals surface area contributed by atoms with Crippen LogP contribution in [-0.4, -0.2) is 31.1 Å². The zero-order chi connectivity index (χ0) is 13.5. The number of ether oxygens (including phenoxy) is 2. The molecule has 98 valence electrons. The Labute approximate surface area is 105 Å². The van der Waals surface area contributed by atoms with E-state index in [0.717, 1.165) is 0 Å². The molecule has 0 spiro atoms. The Morgan fingerprint density at radius 1 is 1.22 bits per heavy atom. The van der Waals surface area contributed by atoms with Gasteiger partial charge in [-0.25, -0.2) is 0 Å². The minimum Gasteiger partial charge on any atom is -0.497 e. The third kappa shape index (κ3) is 4.18. The average molecular weight is 252 g/mol. The Bertz CT molecular complexity index is 410. The Kier molecular flexibility index (Phi) is 5.32. The minimum absolute atomic E-state index is 0.110. The molecule has 1 N–H and O–H groups in total. The number of aliphatic hydroxyl groups is 1. The Morgan fingerprint density at radius 3 is 2.33 bits per heavy atom. The molecule has 5 nitrogen and oxygen atoms in total. The molecule has 0 aliphatic heterocycles. The number of hydrogen-bond acceptors (Lipinski definition) is 5. The molecule has 0 aliphatic rings. The van der Waals surface area contributed by atoms with Gasteiger partial charge in [-0.15, -0.1) is 0 Å². The van der Waals surface area contributed by atoms with Crippen LogP contribution in [0.25, 0.3) is 0 Å². The monoisotopic (exact) mass is 252 g/mol. The fourth-order valence-electron chi connectivity index (χ4n) is 1.46. The van der Waals surface area contributed by atoms with E-state index in [4.69, 9.17) is 4.74 Å². The zero-order valence-corrected chi connectivity index (χ0v) is 10.4. The van der Waals surface area contributed by atoms with Crippen LogP contribution in [-0.2, 0) is 14.3 Å². The van der Waals surface area contributed by atoms with E-state index in [0.29, 0.717) is 11.3 Å². The molecule has 0 radical (unpaired) electrons. The summed E-state index contributed by atoms with van der Waals surface area (Å²) in [6.45, 7) is 0. The van der Waals surface area contributed by atoms with Gasteiger partial charge in [-0.1, -0.05) is 12.1 Å². The summed E-state index contributed by atoms with van der Waals surface area (Å²) in [7, 11) is 2.76. The van der Waals surface area contributed by atoms with Crippen LogP contribution in [0.3, 0.4) is 0 Å². The molecule has 1 aromatic rings. The fourth-order valence-corrected chi connectivity index (χ4v) is 1.46. The molecule has 0 unspecified atom stereocenters. The second-order valence-corrected chi connectivity index (χ2v) is 3.78. The molecule has 0 bridgehead atoms. The molecule has 1 aromatic carbocycles. The number of rotatable bonds is 6. The highest BCUT2D eigenvalue weighted by Gasteiger charge is 2.16. The molecule has 0 fully saturated rings. The van der Waals surface area contributed by atoms with Crippen molar-refractivity contribution in [2.45, 2.75) is 18.9 Å². The highest BCUT2D eigenvalue weighted by molar-refractivity contribution is 5.95. The second-order valence-electron chi connectivity index (χ2n) is 3.78. The van der Waals surface area contributed by atoms with Crippen molar-refractivity contribution in [2.75, 3.05) is 14.2 Å². The van der Waals surface area contributed by atoms with Gasteiger partial charge < -0.3 is 14.6 Å². The number of carbonyl (C=O) groups excluding carboxylic acids is 2. The van der Waals surface area contributed by atoms with Crippen molar-refractivity contribution in [3.8, 4) is 5.75 Å². The van der Waals surface area contributed by atoms with Gasteiger partial charge >= 0.3 is 5.97 Å². The molecule has 0 aliphatic carbocycles. The minimum atomic E-state index is -0.923. The maximum absolute atomic E-state index is 11.4. The Hall–Kier alpha value is -1.88. The first-order valence-electron chi connectivity index (χ1n) is 5.47. The first-order valence-corrected chi connectivity index (χ1v) is 5.47. The summed E-state index contributed by atoms with van der Waals surface area (Å²) in [6.07, 6.45) is -1.35. The van der Waals surface area contributed by atoms with E-state index in [1.807, 2.05) is 0 Å². The van der Waals surface area contributed by atoms with E-state index in [1.165, 1.54) is 7.11 Å². The lowest BCUT2D eigenvalue weighted by Crippen LogP contribution is -2.12. The van der Waals surface area contributed by atoms with Crippen LogP contribution in [0.4, 0.5) is 0 Å². The lowest BCUT2D eigenvalue weighted by molar-refractivity contribution is -0.143. The summed E-state index contributed by atoms with van der Waals surface area (Å²) in [5, 5.41) is 9.83. The van der Waals surface area contributed by atoms with Gasteiger partial charge in [0.05, 0.1) is 20.3 Å². The molecule has 0 aromatic heterocycles. The van der Waals surface area contributed by atoms with Gasteiger partial charge in [0.2, 0.25) is 0 Å². The predicted molar refractivity (Wildman–Crippen MR) is 64.2 cm³/mol. The topological polar surface area (TPSA) is 72.8 Å². The van der Waals surface area contributed by atoms with Crippen LogP contribution in [0, 0.1) is 0 Å². The van der Waals surface area contributed by atoms with Gasteiger partial charge in [0.15, 0.2) is 0 Å². The molecular weight excluding hydrogens is 236 g/mol. The molecule has 0 amide bonds. The van der Waals surface area contributed by atoms with E-state index in [-0.39, 0.29) is 18.6 Å². The second kappa shape index (κ2) is 6.76. The van der Waals surface area contributed by atoms with Crippen molar-refractivity contribution >= 4 is 11.8 Å². The third-order valence-corrected chi connectivity index (χ3v) is 2.49. The van der Waals surface area contributed by atoms with E-state index in [1.54, 1.807) is 31.4 Å². The number of carbonyl (C=O) groups is 2. The summed E-state index contributed by atoms with van der Waals surface area (Å²) >= 11 is 0. The van der Waals surface area contributed by atoms with Crippen LogP contribution < -0.4 is 4.74 Å². The maximum atomic E-state index is 11.4. The summed E-state index contributed by atoms with van der Waals surface area (Å²) in [6, 6.07) is 6.75. The number of hydrogen-bond donors (Lipinski definition) is 1. The van der Waals surface area contributed by atoms with Crippen molar-refractivity contribution in [2.24, 2.45) is 0 Å². The summed E-state index contributed by atoms with van der Waals surface area (Å²) in [5.74, 6) is -0.279. The van der Waals surface area contributed by atoms with Crippen LogP contribution in [0.1, 0.15) is 24.5 Å². The van der Waals surface area contributed by atoms with Crippen molar-refractivity contribution in [3.05, 3.63) is 29.8 Å². The van der Waals surface area contributed by atoms with Crippen molar-refractivity contribution in [3.63, 3.8) is 0 Å². The Balaban J connectivity index is 2.56. The van der Waals surface area contributed by atoms with Gasteiger partial charge in [0.25, 0.3) is 0 Å². The number of Topliss-reactive ketones (excluding diaryl/α,β-unsaturated/α-hetero) is 1. The first-order chi connectivity index (χ1) is 8.56. The predicted octanol–water partition coefficient (Wildman–Crippen LogP) is 1.25. The van der Waals surface area contributed by atoms with Gasteiger partial charge in [0.1, 0.15) is 18.0 Å². The Morgan fingerprint density at radius 2 is 1.83 bits per heavy atom. The van der Waals surface area contributed by atoms with Gasteiger partial charge in [-0.2, -0.15) is 0 Å². The van der Waals surface area contributed by atoms with E-state index >= 15 is 0 Å². The molecule has 1 atom stereocenters. The quantitative estimate of drug-likeness (QED) is 0.609. The number of methoxy groups -OCH3 is 2. The first kappa shape index (κ1) is 14.2. The van der Waals surface area contributed by atoms with E-state index in [2.05, 4.69) is 4.74 Å². The van der Waals surface area contributed by atoms with Crippen LogP contribution in [0.5, 0.6) is 5.75 Å². The summed E-state index contributed by atoms with van der Waals surface area (Å²) < 4.78 is 9.37. The molecule has 1 rings (SSSR count). The number of benzene rings is 1. The van der Waals surface area contributed by atoms with Crippen LogP contribution in [0.2, 0.25) is 0 Å². The molecule has 18 heavy (non-hydrogen) atoms. The maximum Gasteiger partial charge on any atom is 0.313 e. The highest BCUT2D eigenvalue weighted by Crippen LogP contribution is 2.20. The molecular formula is C13H16O5. The van der Waals surface area contributed by atoms with Gasteiger partial charge in [-0.3, -0.25) is 9.59 Å².